The third-order valence-corrected chi connectivity index (χ3v) is 5.79. The van der Waals surface area contributed by atoms with Crippen molar-refractivity contribution in [3.8, 4) is 17.2 Å². The number of fused-ring (bicyclic) bond motifs is 3. The van der Waals surface area contributed by atoms with Crippen LogP contribution in [0.25, 0.3) is 10.8 Å². The molecule has 1 aliphatic rings. The van der Waals surface area contributed by atoms with Crippen LogP contribution in [0.5, 0.6) is 17.2 Å². The average molecular weight is 455 g/mol. The van der Waals surface area contributed by atoms with Gasteiger partial charge in [0.1, 0.15) is 5.75 Å². The first-order valence-electron chi connectivity index (χ1n) is 9.24. The molecule has 0 amide bonds. The third kappa shape index (κ3) is 3.27. The number of hydrogen-bond acceptors (Lipinski definition) is 5. The highest BCUT2D eigenvalue weighted by Gasteiger charge is 2.26. The van der Waals surface area contributed by atoms with Crippen molar-refractivity contribution in [2.75, 3.05) is 33.2 Å². The van der Waals surface area contributed by atoms with Crippen LogP contribution in [0.2, 0.25) is 0 Å². The summed E-state index contributed by atoms with van der Waals surface area (Å²) in [6.45, 7) is 0. The maximum atomic E-state index is 6.19. The van der Waals surface area contributed by atoms with Gasteiger partial charge in [0.15, 0.2) is 17.4 Å². The summed E-state index contributed by atoms with van der Waals surface area (Å²) in [6, 6.07) is 14.5. The zero-order valence-corrected chi connectivity index (χ0v) is 18.4. The largest absolute Gasteiger partial charge is 0.493 e. The molecule has 0 saturated heterocycles. The number of anilines is 1. The Bertz CT molecular complexity index is 1120. The minimum atomic E-state index is -0.0673. The molecular formula is C23H23BrN2O3. The molecule has 2 N–H and O–H groups in total. The van der Waals surface area contributed by atoms with Crippen LogP contribution < -0.4 is 24.8 Å². The Morgan fingerprint density at radius 3 is 2.52 bits per heavy atom. The van der Waals surface area contributed by atoms with Crippen molar-refractivity contribution in [1.82, 2.24) is 0 Å². The van der Waals surface area contributed by atoms with Crippen LogP contribution in [0.1, 0.15) is 17.0 Å². The fraction of sp³-hybridized carbons (Fsp3) is 0.217. The van der Waals surface area contributed by atoms with E-state index >= 15 is 0 Å². The van der Waals surface area contributed by atoms with E-state index in [1.165, 1.54) is 0 Å². The monoisotopic (exact) mass is 454 g/mol. The summed E-state index contributed by atoms with van der Waals surface area (Å²) >= 11 is 3.59. The standard InChI is InChI=1S/C23H23BrN2O3/c1-26(2)19-7-5-6-15-14(19)8-9-16-17(12-21(25)29-22(15)16)13-10-18(24)23(28-4)20(11-13)27-3/h5-12,17H,25H2,1-4H3. The van der Waals surface area contributed by atoms with Gasteiger partial charge in [-0.05, 0) is 45.8 Å². The Balaban J connectivity index is 1.93. The lowest BCUT2D eigenvalue weighted by molar-refractivity contribution is 0.352. The van der Waals surface area contributed by atoms with E-state index in [2.05, 4.69) is 45.1 Å². The van der Waals surface area contributed by atoms with E-state index in [9.17, 15) is 0 Å². The fourth-order valence-electron chi connectivity index (χ4n) is 3.88. The molecular weight excluding hydrogens is 432 g/mol. The van der Waals surface area contributed by atoms with Crippen LogP contribution in [0, 0.1) is 0 Å². The summed E-state index contributed by atoms with van der Waals surface area (Å²) in [5.41, 5.74) is 9.41. The first-order valence-corrected chi connectivity index (χ1v) is 10.0. The summed E-state index contributed by atoms with van der Waals surface area (Å²) in [4.78, 5) is 2.10. The first-order chi connectivity index (χ1) is 13.9. The van der Waals surface area contributed by atoms with Gasteiger partial charge in [-0.3, -0.25) is 0 Å². The number of benzene rings is 3. The number of allylic oxidation sites excluding steroid dienone is 1. The van der Waals surface area contributed by atoms with Crippen LogP contribution in [-0.2, 0) is 0 Å². The Morgan fingerprint density at radius 1 is 1.03 bits per heavy atom. The summed E-state index contributed by atoms with van der Waals surface area (Å²) in [7, 11) is 7.32. The van der Waals surface area contributed by atoms with E-state index in [0.717, 1.165) is 37.8 Å². The van der Waals surface area contributed by atoms with Gasteiger partial charge in [0, 0.05) is 42.0 Å². The van der Waals surface area contributed by atoms with Gasteiger partial charge in [-0.15, -0.1) is 0 Å². The highest BCUT2D eigenvalue weighted by molar-refractivity contribution is 9.10. The molecule has 0 fully saturated rings. The number of rotatable bonds is 4. The van der Waals surface area contributed by atoms with E-state index in [4.69, 9.17) is 19.9 Å². The molecule has 1 atom stereocenters. The molecule has 1 heterocycles. The molecule has 29 heavy (non-hydrogen) atoms. The van der Waals surface area contributed by atoms with E-state index in [1.54, 1.807) is 14.2 Å². The molecule has 6 heteroatoms. The lowest BCUT2D eigenvalue weighted by atomic mass is 9.87. The van der Waals surface area contributed by atoms with Crippen molar-refractivity contribution in [3.63, 3.8) is 0 Å². The Hall–Kier alpha value is -2.86. The fourth-order valence-corrected chi connectivity index (χ4v) is 4.50. The number of nitrogens with two attached hydrogens (primary N) is 1. The molecule has 0 saturated carbocycles. The van der Waals surface area contributed by atoms with Gasteiger partial charge in [0.2, 0.25) is 0 Å². The zero-order chi connectivity index (χ0) is 20.7. The summed E-state index contributed by atoms with van der Waals surface area (Å²) < 4.78 is 17.8. The lowest BCUT2D eigenvalue weighted by Crippen LogP contribution is -2.17. The highest BCUT2D eigenvalue weighted by atomic mass is 79.9. The minimum Gasteiger partial charge on any atom is -0.493 e. The van der Waals surface area contributed by atoms with Gasteiger partial charge in [0.25, 0.3) is 0 Å². The van der Waals surface area contributed by atoms with Crippen molar-refractivity contribution in [2.24, 2.45) is 5.73 Å². The number of methoxy groups -OCH3 is 2. The van der Waals surface area contributed by atoms with E-state index in [-0.39, 0.29) is 5.92 Å². The van der Waals surface area contributed by atoms with Crippen LogP contribution in [0.4, 0.5) is 5.69 Å². The molecule has 4 rings (SSSR count). The second-order valence-electron chi connectivity index (χ2n) is 7.14. The Labute approximate surface area is 178 Å². The molecule has 0 aliphatic carbocycles. The molecule has 0 radical (unpaired) electrons. The van der Waals surface area contributed by atoms with Crippen molar-refractivity contribution < 1.29 is 14.2 Å². The van der Waals surface area contributed by atoms with Gasteiger partial charge in [0.05, 0.1) is 18.7 Å². The van der Waals surface area contributed by atoms with Crippen molar-refractivity contribution in [1.29, 1.82) is 0 Å². The molecule has 5 nitrogen and oxygen atoms in total. The number of ether oxygens (including phenoxy) is 3. The van der Waals surface area contributed by atoms with Crippen LogP contribution in [0.3, 0.4) is 0 Å². The molecule has 0 bridgehead atoms. The molecule has 150 valence electrons. The zero-order valence-electron chi connectivity index (χ0n) is 16.8. The predicted molar refractivity (Wildman–Crippen MR) is 120 cm³/mol. The molecule has 0 aromatic heterocycles. The predicted octanol–water partition coefficient (Wildman–Crippen LogP) is 5.01. The van der Waals surface area contributed by atoms with Crippen LogP contribution in [-0.4, -0.2) is 28.3 Å². The van der Waals surface area contributed by atoms with E-state index < -0.39 is 0 Å². The van der Waals surface area contributed by atoms with Gasteiger partial charge in [-0.2, -0.15) is 0 Å². The minimum absolute atomic E-state index is 0.0673. The maximum absolute atomic E-state index is 6.19. The first kappa shape index (κ1) is 19.5. The Kier molecular flexibility index (Phi) is 5.04. The lowest BCUT2D eigenvalue weighted by Gasteiger charge is -2.26. The number of halogens is 1. The van der Waals surface area contributed by atoms with Gasteiger partial charge in [-0.1, -0.05) is 24.3 Å². The quantitative estimate of drug-likeness (QED) is 0.600. The van der Waals surface area contributed by atoms with Gasteiger partial charge < -0.3 is 24.8 Å². The molecule has 0 spiro atoms. The van der Waals surface area contributed by atoms with E-state index in [1.807, 2.05) is 38.4 Å². The topological polar surface area (TPSA) is 57.0 Å². The van der Waals surface area contributed by atoms with Crippen molar-refractivity contribution in [3.05, 3.63) is 70.0 Å². The normalized spacial score (nSPS) is 15.3. The summed E-state index contributed by atoms with van der Waals surface area (Å²) in [6.07, 6.45) is 1.93. The molecule has 3 aromatic carbocycles. The van der Waals surface area contributed by atoms with Gasteiger partial charge >= 0.3 is 0 Å². The van der Waals surface area contributed by atoms with Crippen molar-refractivity contribution >= 4 is 32.4 Å². The Morgan fingerprint density at radius 2 is 1.83 bits per heavy atom. The third-order valence-electron chi connectivity index (χ3n) is 5.20. The van der Waals surface area contributed by atoms with Gasteiger partial charge in [-0.25, -0.2) is 0 Å². The highest BCUT2D eigenvalue weighted by Crippen LogP contribution is 2.46. The second kappa shape index (κ2) is 7.52. The molecule has 1 unspecified atom stereocenters. The van der Waals surface area contributed by atoms with Crippen molar-refractivity contribution in [2.45, 2.75) is 5.92 Å². The SMILES string of the molecule is COc1cc(C2C=C(N)Oc3c2ccc2c(N(C)C)cccc32)cc(Br)c1OC. The second-order valence-corrected chi connectivity index (χ2v) is 7.99. The number of nitrogens with zero attached hydrogens (tertiary/aromatic N) is 1. The average Bonchev–Trinajstić information content (AvgIpc) is 2.71. The van der Waals surface area contributed by atoms with Crippen LogP contribution in [0.15, 0.2) is 58.9 Å². The van der Waals surface area contributed by atoms with E-state index in [0.29, 0.717) is 17.4 Å². The maximum Gasteiger partial charge on any atom is 0.187 e. The summed E-state index contributed by atoms with van der Waals surface area (Å²) in [5, 5.41) is 2.16. The van der Waals surface area contributed by atoms with Crippen LogP contribution >= 0.6 is 15.9 Å². The smallest absolute Gasteiger partial charge is 0.187 e. The molecule has 1 aliphatic heterocycles. The number of hydrogen-bond donors (Lipinski definition) is 1. The molecule has 3 aromatic rings. The summed E-state index contributed by atoms with van der Waals surface area (Å²) in [5.74, 6) is 2.43.